The van der Waals surface area contributed by atoms with Crippen LogP contribution in [-0.2, 0) is 0 Å². The summed E-state index contributed by atoms with van der Waals surface area (Å²) in [4.78, 5) is 7.06. The summed E-state index contributed by atoms with van der Waals surface area (Å²) in [7, 11) is 0. The predicted octanol–water partition coefficient (Wildman–Crippen LogP) is 4.92. The van der Waals surface area contributed by atoms with Gasteiger partial charge in [-0.25, -0.2) is 9.99 Å². The third kappa shape index (κ3) is 1.89. The van der Waals surface area contributed by atoms with E-state index in [2.05, 4.69) is 71.6 Å². The molecule has 3 aromatic carbocycles. The van der Waals surface area contributed by atoms with Crippen LogP contribution in [0.15, 0.2) is 77.9 Å². The van der Waals surface area contributed by atoms with E-state index in [0.717, 1.165) is 16.5 Å². The average Bonchev–Trinajstić information content (AvgIpc) is 3.33. The summed E-state index contributed by atoms with van der Waals surface area (Å²) in [6.45, 7) is 0.681. The molecule has 0 unspecified atom stereocenters. The van der Waals surface area contributed by atoms with E-state index >= 15 is 0 Å². The zero-order valence-electron chi connectivity index (χ0n) is 13.8. The zero-order chi connectivity index (χ0) is 17.1. The molecule has 0 saturated carbocycles. The lowest BCUT2D eigenvalue weighted by Gasteiger charge is -2.29. The highest BCUT2D eigenvalue weighted by Crippen LogP contribution is 2.42. The average molecular weight is 354 g/mol. The Labute approximate surface area is 154 Å². The largest absolute Gasteiger partial charge is 0.304 e. The van der Waals surface area contributed by atoms with E-state index in [9.17, 15) is 0 Å². The molecular formula is C21H14N4S. The molecule has 124 valence electrons. The van der Waals surface area contributed by atoms with E-state index in [4.69, 9.17) is 10.1 Å². The quantitative estimate of drug-likeness (QED) is 0.486. The van der Waals surface area contributed by atoms with Crippen molar-refractivity contribution in [2.45, 2.75) is 0 Å². The Kier molecular flexibility index (Phi) is 2.79. The fraction of sp³-hybridized carbons (Fsp3) is 0.0476. The molecule has 2 aliphatic heterocycles. The number of para-hydroxylation sites is 2. The number of rotatable bonds is 1. The summed E-state index contributed by atoms with van der Waals surface area (Å²) in [5, 5.41) is 7.89. The first kappa shape index (κ1) is 14.0. The van der Waals surface area contributed by atoms with Crippen LogP contribution in [0.3, 0.4) is 0 Å². The van der Waals surface area contributed by atoms with Crippen LogP contribution >= 0.6 is 11.3 Å². The lowest BCUT2D eigenvalue weighted by Crippen LogP contribution is -2.34. The summed E-state index contributed by atoms with van der Waals surface area (Å²) < 4.78 is 1.19. The van der Waals surface area contributed by atoms with E-state index in [-0.39, 0.29) is 0 Å². The monoisotopic (exact) mass is 354 g/mol. The van der Waals surface area contributed by atoms with E-state index < -0.39 is 0 Å². The molecule has 0 aliphatic carbocycles. The number of aromatic nitrogens is 1. The van der Waals surface area contributed by atoms with Crippen molar-refractivity contribution in [1.29, 1.82) is 0 Å². The van der Waals surface area contributed by atoms with Gasteiger partial charge in [0.15, 0.2) is 5.84 Å². The first-order valence-corrected chi connectivity index (χ1v) is 9.38. The zero-order valence-corrected chi connectivity index (χ0v) is 14.6. The van der Waals surface area contributed by atoms with E-state index in [1.165, 1.54) is 27.1 Å². The van der Waals surface area contributed by atoms with Crippen molar-refractivity contribution >= 4 is 38.2 Å². The number of fused-ring (bicyclic) bond motifs is 7. The molecule has 3 heterocycles. The van der Waals surface area contributed by atoms with Gasteiger partial charge >= 0.3 is 0 Å². The minimum atomic E-state index is 0.681. The van der Waals surface area contributed by atoms with Crippen LogP contribution in [0.5, 0.6) is 0 Å². The van der Waals surface area contributed by atoms with Crippen molar-refractivity contribution in [2.24, 2.45) is 5.10 Å². The van der Waals surface area contributed by atoms with Crippen molar-refractivity contribution in [3.63, 3.8) is 0 Å². The Bertz CT molecular complexity index is 1160. The molecule has 0 amide bonds. The van der Waals surface area contributed by atoms with Crippen LogP contribution in [0.4, 0.5) is 10.8 Å². The molecule has 0 radical (unpaired) electrons. The fourth-order valence-corrected chi connectivity index (χ4v) is 4.62. The summed E-state index contributed by atoms with van der Waals surface area (Å²) in [6.07, 6.45) is 0. The van der Waals surface area contributed by atoms with Gasteiger partial charge in [-0.15, -0.1) is 5.10 Å². The lowest BCUT2D eigenvalue weighted by molar-refractivity contribution is 0.906. The maximum absolute atomic E-state index is 4.94. The Balaban J connectivity index is 1.52. The van der Waals surface area contributed by atoms with Gasteiger partial charge in [-0.2, -0.15) is 0 Å². The third-order valence-electron chi connectivity index (χ3n) is 4.90. The van der Waals surface area contributed by atoms with Crippen LogP contribution in [0.25, 0.3) is 21.3 Å². The molecule has 0 atom stereocenters. The van der Waals surface area contributed by atoms with Crippen molar-refractivity contribution in [3.8, 4) is 11.1 Å². The van der Waals surface area contributed by atoms with Gasteiger partial charge in [-0.1, -0.05) is 65.9 Å². The van der Waals surface area contributed by atoms with Crippen LogP contribution in [0.2, 0.25) is 0 Å². The maximum atomic E-state index is 4.94. The molecule has 2 aliphatic rings. The fourth-order valence-electron chi connectivity index (χ4n) is 3.71. The first-order chi connectivity index (χ1) is 12.9. The van der Waals surface area contributed by atoms with E-state index in [1.54, 1.807) is 11.3 Å². The van der Waals surface area contributed by atoms with Crippen LogP contribution < -0.4 is 9.91 Å². The molecule has 0 fully saturated rings. The predicted molar refractivity (Wildman–Crippen MR) is 108 cm³/mol. The smallest absolute Gasteiger partial charge is 0.208 e. The standard InChI is InChI=1S/C21H14N4S/c1-2-9-16-14(7-1)15-8-3-5-11-18(15)24-13-25(23-20(16)24)21-22-17-10-4-6-12-19(17)26-21/h1-12H,13H2. The summed E-state index contributed by atoms with van der Waals surface area (Å²) in [6, 6.07) is 25.3. The molecule has 0 N–H and O–H groups in total. The molecule has 26 heavy (non-hydrogen) atoms. The number of anilines is 2. The normalized spacial score (nSPS) is 14.8. The number of thiazole rings is 1. The van der Waals surface area contributed by atoms with Gasteiger partial charge in [0.1, 0.15) is 6.67 Å². The van der Waals surface area contributed by atoms with Crippen molar-refractivity contribution < 1.29 is 0 Å². The molecular weight excluding hydrogens is 340 g/mol. The Morgan fingerprint density at radius 1 is 0.769 bits per heavy atom. The molecule has 6 rings (SSSR count). The highest BCUT2D eigenvalue weighted by molar-refractivity contribution is 7.22. The lowest BCUT2D eigenvalue weighted by atomic mass is 9.93. The van der Waals surface area contributed by atoms with Gasteiger partial charge in [0.25, 0.3) is 0 Å². The van der Waals surface area contributed by atoms with Gasteiger partial charge in [0, 0.05) is 11.1 Å². The molecule has 5 heteroatoms. The molecule has 1 aromatic heterocycles. The Hall–Kier alpha value is -3.18. The van der Waals surface area contributed by atoms with Crippen molar-refractivity contribution in [3.05, 3.63) is 78.4 Å². The molecule has 4 nitrogen and oxygen atoms in total. The number of hydrazone groups is 1. The highest BCUT2D eigenvalue weighted by Gasteiger charge is 2.34. The maximum Gasteiger partial charge on any atom is 0.208 e. The highest BCUT2D eigenvalue weighted by atomic mass is 32.1. The molecule has 0 spiro atoms. The molecule has 4 aromatic rings. The SMILES string of the molecule is c1ccc2c(c1)C1=NN(c3nc4ccccc4s3)CN1c1ccccc1-2. The number of hydrogen-bond donors (Lipinski definition) is 0. The second kappa shape index (κ2) is 5.16. The number of nitrogens with zero attached hydrogens (tertiary/aromatic N) is 4. The number of hydrogen-bond acceptors (Lipinski definition) is 5. The topological polar surface area (TPSA) is 31.7 Å². The summed E-state index contributed by atoms with van der Waals surface area (Å²) in [5.41, 5.74) is 5.90. The Morgan fingerprint density at radius 2 is 1.50 bits per heavy atom. The van der Waals surface area contributed by atoms with Gasteiger partial charge in [-0.3, -0.25) is 0 Å². The Morgan fingerprint density at radius 3 is 2.38 bits per heavy atom. The molecule has 0 bridgehead atoms. The van der Waals surface area contributed by atoms with Crippen molar-refractivity contribution in [1.82, 2.24) is 4.98 Å². The van der Waals surface area contributed by atoms with Gasteiger partial charge < -0.3 is 4.90 Å². The molecule has 0 saturated heterocycles. The second-order valence-electron chi connectivity index (χ2n) is 6.42. The minimum absolute atomic E-state index is 0.681. The number of benzene rings is 3. The van der Waals surface area contributed by atoms with Gasteiger partial charge in [-0.05, 0) is 23.8 Å². The second-order valence-corrected chi connectivity index (χ2v) is 7.43. The van der Waals surface area contributed by atoms with Crippen LogP contribution in [0, 0.1) is 0 Å². The van der Waals surface area contributed by atoms with E-state index in [0.29, 0.717) is 6.67 Å². The first-order valence-electron chi connectivity index (χ1n) is 8.56. The van der Waals surface area contributed by atoms with Crippen LogP contribution in [-0.4, -0.2) is 17.5 Å². The third-order valence-corrected chi connectivity index (χ3v) is 5.95. The number of amidine groups is 1. The summed E-state index contributed by atoms with van der Waals surface area (Å²) in [5.74, 6) is 0.999. The summed E-state index contributed by atoms with van der Waals surface area (Å²) >= 11 is 1.68. The van der Waals surface area contributed by atoms with Crippen molar-refractivity contribution in [2.75, 3.05) is 16.6 Å². The van der Waals surface area contributed by atoms with Gasteiger partial charge in [0.2, 0.25) is 5.13 Å². The van der Waals surface area contributed by atoms with E-state index in [1.807, 2.05) is 11.1 Å². The minimum Gasteiger partial charge on any atom is -0.304 e. The van der Waals surface area contributed by atoms with Gasteiger partial charge in [0.05, 0.1) is 15.9 Å². The van der Waals surface area contributed by atoms with Crippen LogP contribution in [0.1, 0.15) is 5.56 Å².